The molecule has 0 aliphatic carbocycles. The van der Waals surface area contributed by atoms with Crippen LogP contribution in [0.2, 0.25) is 0 Å². The van der Waals surface area contributed by atoms with E-state index in [0.29, 0.717) is 11.5 Å². The summed E-state index contributed by atoms with van der Waals surface area (Å²) in [5.74, 6) is -0.165. The average molecular weight is 246 g/mol. The molecule has 1 amide bonds. The zero-order valence-electron chi connectivity index (χ0n) is 8.88. The number of nitrogens with one attached hydrogen (secondary N) is 2. The lowest BCUT2D eigenvalue weighted by molar-refractivity contribution is -0.117. The van der Waals surface area contributed by atoms with Crippen LogP contribution in [0.5, 0.6) is 0 Å². The average Bonchev–Trinajstić information content (AvgIpc) is 2.96. The van der Waals surface area contributed by atoms with E-state index in [4.69, 9.17) is 0 Å². The molecule has 1 atom stereocenters. The summed E-state index contributed by atoms with van der Waals surface area (Å²) < 4.78 is 3.71. The normalized spacial score (nSPS) is 17.3. The Morgan fingerprint density at radius 3 is 3.18 bits per heavy atom. The van der Waals surface area contributed by atoms with Gasteiger partial charge >= 0.3 is 0 Å². The molecule has 2 N–H and O–H groups in total. The molecule has 0 saturated heterocycles. The third-order valence-corrected chi connectivity index (χ3v) is 3.34. The highest BCUT2D eigenvalue weighted by Crippen LogP contribution is 2.31. The predicted molar refractivity (Wildman–Crippen MR) is 66.2 cm³/mol. The number of carbonyl (C=O) groups is 1. The highest BCUT2D eigenvalue weighted by molar-refractivity contribution is 7.10. The summed E-state index contributed by atoms with van der Waals surface area (Å²) in [4.78, 5) is 12.1. The Labute approximate surface area is 102 Å². The quantitative estimate of drug-likeness (QED) is 0.846. The van der Waals surface area contributed by atoms with E-state index in [1.54, 1.807) is 6.20 Å². The van der Waals surface area contributed by atoms with Gasteiger partial charge in [0.15, 0.2) is 0 Å². The maximum Gasteiger partial charge on any atom is 0.234 e. The molecule has 86 valence electrons. The Morgan fingerprint density at radius 2 is 2.35 bits per heavy atom. The molecule has 0 saturated carbocycles. The van der Waals surface area contributed by atoms with Gasteiger partial charge in [0.05, 0.1) is 12.1 Å². The first kappa shape index (κ1) is 10.2. The van der Waals surface area contributed by atoms with Crippen LogP contribution in [0.25, 0.3) is 0 Å². The zero-order valence-corrected chi connectivity index (χ0v) is 9.70. The molecule has 1 unspecified atom stereocenters. The van der Waals surface area contributed by atoms with Crippen molar-refractivity contribution in [3.05, 3.63) is 36.0 Å². The molecule has 3 rings (SSSR count). The van der Waals surface area contributed by atoms with Crippen LogP contribution in [0.4, 0.5) is 10.7 Å². The van der Waals surface area contributed by atoms with Crippen LogP contribution >= 0.6 is 11.5 Å². The number of benzene rings is 1. The Balaban J connectivity index is 1.80. The first-order valence-corrected chi connectivity index (χ1v) is 6.03. The molecule has 0 fully saturated rings. The van der Waals surface area contributed by atoms with Crippen molar-refractivity contribution >= 4 is 28.1 Å². The smallest absolute Gasteiger partial charge is 0.234 e. The molecule has 1 aromatic heterocycles. The Hall–Kier alpha value is -1.95. The van der Waals surface area contributed by atoms with Gasteiger partial charge in [-0.1, -0.05) is 22.7 Å². The third-order valence-electron chi connectivity index (χ3n) is 2.76. The summed E-state index contributed by atoms with van der Waals surface area (Å²) in [7, 11) is 0. The second-order valence-electron chi connectivity index (χ2n) is 3.79. The number of nitrogens with zero attached hydrogens (tertiary/aromatic N) is 2. The van der Waals surface area contributed by atoms with Gasteiger partial charge in [0, 0.05) is 23.8 Å². The summed E-state index contributed by atoms with van der Waals surface area (Å²) >= 11 is 1.18. The van der Waals surface area contributed by atoms with E-state index in [1.165, 1.54) is 11.5 Å². The summed E-state index contributed by atoms with van der Waals surface area (Å²) in [6.45, 7) is 0.636. The molecule has 1 aliphatic heterocycles. The lowest BCUT2D eigenvalue weighted by atomic mass is 10.0. The van der Waals surface area contributed by atoms with E-state index < -0.39 is 0 Å². The van der Waals surface area contributed by atoms with Crippen molar-refractivity contribution in [2.75, 3.05) is 17.2 Å². The maximum absolute atomic E-state index is 12.1. The number of para-hydroxylation sites is 1. The second-order valence-corrected chi connectivity index (χ2v) is 4.58. The third kappa shape index (κ3) is 1.87. The molecule has 1 aromatic carbocycles. The number of anilines is 2. The van der Waals surface area contributed by atoms with E-state index in [2.05, 4.69) is 20.2 Å². The molecular weight excluding hydrogens is 236 g/mol. The largest absolute Gasteiger partial charge is 0.384 e. The standard InChI is InChI=1S/C11H10N4OS/c16-11(14-10-6-13-15-17-10)8-5-12-9-4-2-1-3-7(8)9/h1-4,6,8,12H,5H2,(H,14,16). The molecule has 1 aliphatic rings. The van der Waals surface area contributed by atoms with Gasteiger partial charge in [0.1, 0.15) is 5.00 Å². The van der Waals surface area contributed by atoms with E-state index in [0.717, 1.165) is 11.3 Å². The lowest BCUT2D eigenvalue weighted by Crippen LogP contribution is -2.21. The van der Waals surface area contributed by atoms with Crippen molar-refractivity contribution in [2.24, 2.45) is 0 Å². The first-order valence-electron chi connectivity index (χ1n) is 5.25. The van der Waals surface area contributed by atoms with Gasteiger partial charge in [0.2, 0.25) is 5.91 Å². The van der Waals surface area contributed by atoms with Crippen molar-refractivity contribution in [3.63, 3.8) is 0 Å². The highest BCUT2D eigenvalue weighted by Gasteiger charge is 2.28. The molecule has 0 spiro atoms. The van der Waals surface area contributed by atoms with Crippen molar-refractivity contribution in [1.29, 1.82) is 0 Å². The summed E-state index contributed by atoms with van der Waals surface area (Å²) in [5.41, 5.74) is 2.08. The minimum Gasteiger partial charge on any atom is -0.384 e. The van der Waals surface area contributed by atoms with Crippen LogP contribution in [-0.4, -0.2) is 22.0 Å². The number of hydrogen-bond acceptors (Lipinski definition) is 5. The highest BCUT2D eigenvalue weighted by atomic mass is 32.1. The lowest BCUT2D eigenvalue weighted by Gasteiger charge is -2.08. The van der Waals surface area contributed by atoms with Gasteiger partial charge < -0.3 is 10.6 Å². The number of aromatic nitrogens is 2. The predicted octanol–water partition coefficient (Wildman–Crippen LogP) is 1.69. The van der Waals surface area contributed by atoms with Crippen LogP contribution in [0.1, 0.15) is 11.5 Å². The first-order chi connectivity index (χ1) is 8.34. The molecule has 5 nitrogen and oxygen atoms in total. The van der Waals surface area contributed by atoms with E-state index in [1.807, 2.05) is 24.3 Å². The Kier molecular flexibility index (Phi) is 2.49. The van der Waals surface area contributed by atoms with Crippen molar-refractivity contribution in [2.45, 2.75) is 5.92 Å². The van der Waals surface area contributed by atoms with Crippen LogP contribution < -0.4 is 10.6 Å². The Morgan fingerprint density at radius 1 is 1.47 bits per heavy atom. The summed E-state index contributed by atoms with van der Waals surface area (Å²) in [6, 6.07) is 7.86. The van der Waals surface area contributed by atoms with Crippen LogP contribution in [0.3, 0.4) is 0 Å². The van der Waals surface area contributed by atoms with Gasteiger partial charge in [-0.3, -0.25) is 4.79 Å². The number of hydrogen-bond donors (Lipinski definition) is 2. The summed E-state index contributed by atoms with van der Waals surface area (Å²) in [6.07, 6.45) is 1.55. The van der Waals surface area contributed by atoms with Gasteiger partial charge in [-0.05, 0) is 11.6 Å². The summed E-state index contributed by atoms with van der Waals surface area (Å²) in [5, 5.41) is 10.4. The fourth-order valence-electron chi connectivity index (χ4n) is 1.95. The van der Waals surface area contributed by atoms with Crippen molar-refractivity contribution in [1.82, 2.24) is 9.59 Å². The Bertz CT molecular complexity index is 540. The molecule has 2 aromatic rings. The van der Waals surface area contributed by atoms with Crippen LogP contribution in [0.15, 0.2) is 30.5 Å². The minimum absolute atomic E-state index is 0.0199. The topological polar surface area (TPSA) is 66.9 Å². The van der Waals surface area contributed by atoms with Gasteiger partial charge in [-0.25, -0.2) is 0 Å². The van der Waals surface area contributed by atoms with E-state index in [-0.39, 0.29) is 11.8 Å². The molecular formula is C11H10N4OS. The SMILES string of the molecule is O=C(Nc1cnns1)C1CNc2ccccc21. The fraction of sp³-hybridized carbons (Fsp3) is 0.182. The number of rotatable bonds is 2. The second kappa shape index (κ2) is 4.14. The van der Waals surface area contributed by atoms with Gasteiger partial charge in [-0.2, -0.15) is 0 Å². The number of amides is 1. The van der Waals surface area contributed by atoms with Crippen molar-refractivity contribution < 1.29 is 4.79 Å². The molecule has 0 bridgehead atoms. The van der Waals surface area contributed by atoms with Gasteiger partial charge in [0.25, 0.3) is 0 Å². The minimum atomic E-state index is -0.145. The number of carbonyl (C=O) groups excluding carboxylic acids is 1. The van der Waals surface area contributed by atoms with E-state index in [9.17, 15) is 4.79 Å². The number of fused-ring (bicyclic) bond motifs is 1. The molecule has 2 heterocycles. The van der Waals surface area contributed by atoms with Crippen molar-refractivity contribution in [3.8, 4) is 0 Å². The molecule has 0 radical (unpaired) electrons. The zero-order chi connectivity index (χ0) is 11.7. The molecule has 17 heavy (non-hydrogen) atoms. The monoisotopic (exact) mass is 246 g/mol. The van der Waals surface area contributed by atoms with Crippen LogP contribution in [-0.2, 0) is 4.79 Å². The maximum atomic E-state index is 12.1. The van der Waals surface area contributed by atoms with Crippen LogP contribution in [0, 0.1) is 0 Å². The fourth-order valence-corrected chi connectivity index (χ4v) is 2.37. The molecule has 6 heteroatoms. The van der Waals surface area contributed by atoms with E-state index >= 15 is 0 Å². The van der Waals surface area contributed by atoms with Gasteiger partial charge in [-0.15, -0.1) is 5.10 Å².